The Hall–Kier alpha value is -3.15. The molecule has 1 aromatic carbocycles. The SMILES string of the molecule is COC(=O)c1c(C=Cc2ccccc2)nc(C)c(O)c1C(=O)OC. The summed E-state index contributed by atoms with van der Waals surface area (Å²) in [7, 11) is 2.35. The Morgan fingerprint density at radius 3 is 2.17 bits per heavy atom. The Morgan fingerprint density at radius 2 is 1.58 bits per heavy atom. The van der Waals surface area contributed by atoms with Crippen molar-refractivity contribution in [3.63, 3.8) is 0 Å². The normalized spacial score (nSPS) is 10.6. The summed E-state index contributed by atoms with van der Waals surface area (Å²) in [5.74, 6) is -2.03. The first-order valence-corrected chi connectivity index (χ1v) is 7.13. The van der Waals surface area contributed by atoms with Gasteiger partial charge in [-0.05, 0) is 18.6 Å². The molecular formula is C18H17NO5. The molecule has 0 unspecified atom stereocenters. The van der Waals surface area contributed by atoms with Crippen LogP contribution in [-0.4, -0.2) is 36.2 Å². The van der Waals surface area contributed by atoms with Crippen molar-refractivity contribution in [2.45, 2.75) is 6.92 Å². The van der Waals surface area contributed by atoms with E-state index in [9.17, 15) is 14.7 Å². The van der Waals surface area contributed by atoms with Crippen LogP contribution in [0, 0.1) is 6.92 Å². The first-order chi connectivity index (χ1) is 11.5. The van der Waals surface area contributed by atoms with E-state index in [2.05, 4.69) is 9.72 Å². The number of aromatic hydroxyl groups is 1. The predicted molar refractivity (Wildman–Crippen MR) is 88.7 cm³/mol. The van der Waals surface area contributed by atoms with E-state index in [1.54, 1.807) is 12.2 Å². The number of pyridine rings is 1. The van der Waals surface area contributed by atoms with Crippen molar-refractivity contribution in [3.8, 4) is 5.75 Å². The van der Waals surface area contributed by atoms with Gasteiger partial charge in [0, 0.05) is 0 Å². The number of aryl methyl sites for hydroxylation is 1. The van der Waals surface area contributed by atoms with Crippen molar-refractivity contribution < 1.29 is 24.2 Å². The van der Waals surface area contributed by atoms with Crippen LogP contribution in [0.2, 0.25) is 0 Å². The van der Waals surface area contributed by atoms with Crippen molar-refractivity contribution in [3.05, 3.63) is 58.4 Å². The molecule has 6 nitrogen and oxygen atoms in total. The van der Waals surface area contributed by atoms with Crippen LogP contribution in [0.4, 0.5) is 0 Å². The number of rotatable bonds is 4. The summed E-state index contributed by atoms with van der Waals surface area (Å²) in [5, 5.41) is 10.1. The predicted octanol–water partition coefficient (Wildman–Crippen LogP) is 2.84. The number of carbonyl (C=O) groups excluding carboxylic acids is 2. The third-order valence-electron chi connectivity index (χ3n) is 3.39. The number of hydrogen-bond donors (Lipinski definition) is 1. The summed E-state index contributed by atoms with van der Waals surface area (Å²) in [4.78, 5) is 28.3. The third-order valence-corrected chi connectivity index (χ3v) is 3.39. The van der Waals surface area contributed by atoms with E-state index < -0.39 is 17.7 Å². The average molecular weight is 327 g/mol. The fraction of sp³-hybridized carbons (Fsp3) is 0.167. The van der Waals surface area contributed by atoms with E-state index in [4.69, 9.17) is 4.74 Å². The smallest absolute Gasteiger partial charge is 0.342 e. The van der Waals surface area contributed by atoms with Crippen LogP contribution in [-0.2, 0) is 9.47 Å². The maximum atomic E-state index is 12.1. The molecule has 0 bridgehead atoms. The molecule has 0 aliphatic rings. The fourth-order valence-electron chi connectivity index (χ4n) is 2.19. The van der Waals surface area contributed by atoms with E-state index in [0.717, 1.165) is 12.7 Å². The molecule has 0 fully saturated rings. The number of hydrogen-bond acceptors (Lipinski definition) is 6. The van der Waals surface area contributed by atoms with Gasteiger partial charge in [-0.2, -0.15) is 0 Å². The van der Waals surface area contributed by atoms with E-state index in [1.807, 2.05) is 30.3 Å². The summed E-state index contributed by atoms with van der Waals surface area (Å²) >= 11 is 0. The topological polar surface area (TPSA) is 85.7 Å². The lowest BCUT2D eigenvalue weighted by atomic mass is 10.0. The first kappa shape index (κ1) is 17.2. The van der Waals surface area contributed by atoms with Gasteiger partial charge in [-0.3, -0.25) is 0 Å². The Kier molecular flexibility index (Phi) is 5.31. The molecule has 2 rings (SSSR count). The molecule has 0 aliphatic heterocycles. The largest absolute Gasteiger partial charge is 0.505 e. The number of benzene rings is 1. The molecule has 0 aliphatic carbocycles. The zero-order chi connectivity index (χ0) is 17.7. The molecule has 1 N–H and O–H groups in total. The molecule has 124 valence electrons. The fourth-order valence-corrected chi connectivity index (χ4v) is 2.19. The second-order valence-electron chi connectivity index (χ2n) is 4.91. The van der Waals surface area contributed by atoms with Gasteiger partial charge in [-0.25, -0.2) is 14.6 Å². The zero-order valence-electron chi connectivity index (χ0n) is 13.6. The summed E-state index contributed by atoms with van der Waals surface area (Å²) in [5.41, 5.74) is 0.904. The summed E-state index contributed by atoms with van der Waals surface area (Å²) in [6.07, 6.45) is 3.33. The van der Waals surface area contributed by atoms with Gasteiger partial charge in [0.1, 0.15) is 11.1 Å². The quantitative estimate of drug-likeness (QED) is 0.869. The van der Waals surface area contributed by atoms with E-state index in [1.165, 1.54) is 14.0 Å². The standard InChI is InChI=1S/C18H17NO5/c1-11-16(20)15(18(22)24-3)14(17(21)23-2)13(19-11)10-9-12-7-5-4-6-8-12/h4-10,20H,1-3H3. The molecule has 0 spiro atoms. The van der Waals surface area contributed by atoms with Crippen molar-refractivity contribution in [2.24, 2.45) is 0 Å². The lowest BCUT2D eigenvalue weighted by molar-refractivity contribution is 0.0551. The van der Waals surface area contributed by atoms with Gasteiger partial charge in [0.25, 0.3) is 0 Å². The van der Waals surface area contributed by atoms with Gasteiger partial charge in [0.2, 0.25) is 0 Å². The van der Waals surface area contributed by atoms with Crippen molar-refractivity contribution >= 4 is 24.1 Å². The average Bonchev–Trinajstić information content (AvgIpc) is 2.61. The highest BCUT2D eigenvalue weighted by atomic mass is 16.5. The Labute approximate surface area is 139 Å². The van der Waals surface area contributed by atoms with Crippen molar-refractivity contribution in [1.82, 2.24) is 4.98 Å². The highest BCUT2D eigenvalue weighted by molar-refractivity contribution is 6.07. The molecule has 6 heteroatoms. The number of methoxy groups -OCH3 is 2. The van der Waals surface area contributed by atoms with Crippen LogP contribution in [0.15, 0.2) is 30.3 Å². The number of nitrogens with zero attached hydrogens (tertiary/aromatic N) is 1. The van der Waals surface area contributed by atoms with Crippen LogP contribution in [0.3, 0.4) is 0 Å². The molecule has 0 saturated heterocycles. The van der Waals surface area contributed by atoms with Crippen LogP contribution in [0.5, 0.6) is 5.75 Å². The van der Waals surface area contributed by atoms with Crippen LogP contribution in [0.25, 0.3) is 12.2 Å². The number of esters is 2. The van der Waals surface area contributed by atoms with Gasteiger partial charge in [0.05, 0.1) is 25.6 Å². The van der Waals surface area contributed by atoms with Gasteiger partial charge in [-0.15, -0.1) is 0 Å². The molecule has 0 saturated carbocycles. The van der Waals surface area contributed by atoms with Gasteiger partial charge < -0.3 is 14.6 Å². The molecule has 24 heavy (non-hydrogen) atoms. The van der Waals surface area contributed by atoms with E-state index in [-0.39, 0.29) is 22.5 Å². The van der Waals surface area contributed by atoms with Gasteiger partial charge in [0.15, 0.2) is 5.75 Å². The minimum Gasteiger partial charge on any atom is -0.505 e. The lowest BCUT2D eigenvalue weighted by Crippen LogP contribution is -2.16. The Bertz CT molecular complexity index is 797. The van der Waals surface area contributed by atoms with Gasteiger partial charge in [-0.1, -0.05) is 36.4 Å². The van der Waals surface area contributed by atoms with Crippen LogP contribution >= 0.6 is 0 Å². The Balaban J connectivity index is 2.66. The summed E-state index contributed by atoms with van der Waals surface area (Å²) < 4.78 is 9.39. The lowest BCUT2D eigenvalue weighted by Gasteiger charge is -2.12. The van der Waals surface area contributed by atoms with Crippen molar-refractivity contribution in [2.75, 3.05) is 14.2 Å². The number of aromatic nitrogens is 1. The molecule has 2 aromatic rings. The maximum absolute atomic E-state index is 12.1. The highest BCUT2D eigenvalue weighted by Gasteiger charge is 2.28. The van der Waals surface area contributed by atoms with Crippen molar-refractivity contribution in [1.29, 1.82) is 0 Å². The number of ether oxygens (including phenoxy) is 2. The minimum absolute atomic E-state index is 0.139. The summed E-state index contributed by atoms with van der Waals surface area (Å²) in [6, 6.07) is 9.38. The second-order valence-corrected chi connectivity index (χ2v) is 4.91. The zero-order valence-corrected chi connectivity index (χ0v) is 13.6. The van der Waals surface area contributed by atoms with E-state index >= 15 is 0 Å². The first-order valence-electron chi connectivity index (χ1n) is 7.13. The molecule has 1 heterocycles. The molecule has 0 atom stereocenters. The summed E-state index contributed by atoms with van der Waals surface area (Å²) in [6.45, 7) is 1.53. The van der Waals surface area contributed by atoms with Crippen LogP contribution in [0.1, 0.15) is 37.7 Å². The molecule has 0 radical (unpaired) electrons. The molecule has 0 amide bonds. The molecular weight excluding hydrogens is 310 g/mol. The monoisotopic (exact) mass is 327 g/mol. The second kappa shape index (κ2) is 7.41. The van der Waals surface area contributed by atoms with E-state index in [0.29, 0.717) is 0 Å². The van der Waals surface area contributed by atoms with Crippen LogP contribution < -0.4 is 0 Å². The molecule has 1 aromatic heterocycles. The maximum Gasteiger partial charge on any atom is 0.342 e. The third kappa shape index (κ3) is 3.43. The highest BCUT2D eigenvalue weighted by Crippen LogP contribution is 2.29. The Morgan fingerprint density at radius 1 is 1.00 bits per heavy atom. The number of carbonyl (C=O) groups is 2. The minimum atomic E-state index is -0.840. The van der Waals surface area contributed by atoms with Gasteiger partial charge >= 0.3 is 11.9 Å².